The van der Waals surface area contributed by atoms with Gasteiger partial charge in [0.1, 0.15) is 11.0 Å². The van der Waals surface area contributed by atoms with Crippen molar-refractivity contribution in [2.45, 2.75) is 51.0 Å². The van der Waals surface area contributed by atoms with E-state index in [0.717, 1.165) is 0 Å². The van der Waals surface area contributed by atoms with Crippen LogP contribution in [-0.2, 0) is 14.0 Å². The van der Waals surface area contributed by atoms with Crippen molar-refractivity contribution in [3.63, 3.8) is 0 Å². The first kappa shape index (κ1) is 18.2. The molecular weight excluding hydrogens is 334 g/mol. The fourth-order valence-corrected chi connectivity index (χ4v) is 3.69. The number of ether oxygens (including phenoxy) is 1. The van der Waals surface area contributed by atoms with E-state index in [-0.39, 0.29) is 17.1 Å². The Morgan fingerprint density at radius 1 is 1.39 bits per heavy atom. The van der Waals surface area contributed by atoms with Crippen molar-refractivity contribution in [3.05, 3.63) is 17.5 Å². The molecule has 0 aromatic carbocycles. The number of hydrogen-bond acceptors (Lipinski definition) is 6. The Morgan fingerprint density at radius 3 is 2.57 bits per heavy atom. The van der Waals surface area contributed by atoms with E-state index in [9.17, 15) is 4.79 Å². The molecule has 0 aliphatic carbocycles. The molecule has 128 valence electrons. The maximum absolute atomic E-state index is 12.2. The summed E-state index contributed by atoms with van der Waals surface area (Å²) in [6, 6.07) is -0.512. The van der Waals surface area contributed by atoms with Gasteiger partial charge in [-0.05, 0) is 18.1 Å². The molecule has 23 heavy (non-hydrogen) atoms. The van der Waals surface area contributed by atoms with E-state index < -0.39 is 14.4 Å². The van der Waals surface area contributed by atoms with Crippen molar-refractivity contribution < 1.29 is 14.0 Å². The van der Waals surface area contributed by atoms with Crippen LogP contribution in [0.25, 0.3) is 0 Å². The summed E-state index contributed by atoms with van der Waals surface area (Å²) in [5.41, 5.74) is 0. The molecule has 0 N–H and O–H groups in total. The highest BCUT2D eigenvalue weighted by atomic mass is 35.5. The van der Waals surface area contributed by atoms with Crippen LogP contribution in [-0.4, -0.2) is 50.1 Å². The van der Waals surface area contributed by atoms with Crippen LogP contribution in [0.15, 0.2) is 12.4 Å². The van der Waals surface area contributed by atoms with Crippen molar-refractivity contribution in [1.82, 2.24) is 9.97 Å². The van der Waals surface area contributed by atoms with Crippen molar-refractivity contribution in [2.24, 2.45) is 0 Å². The molecule has 0 radical (unpaired) electrons. The number of methoxy groups -OCH3 is 1. The van der Waals surface area contributed by atoms with E-state index in [1.165, 1.54) is 13.3 Å². The first-order valence-electron chi connectivity index (χ1n) is 7.56. The van der Waals surface area contributed by atoms with Crippen LogP contribution in [0.4, 0.5) is 5.82 Å². The van der Waals surface area contributed by atoms with Crippen LogP contribution in [0.1, 0.15) is 20.8 Å². The Morgan fingerprint density at radius 2 is 2.04 bits per heavy atom. The second-order valence-corrected chi connectivity index (χ2v) is 12.4. The van der Waals surface area contributed by atoms with E-state index in [4.69, 9.17) is 20.8 Å². The van der Waals surface area contributed by atoms with Gasteiger partial charge in [-0.2, -0.15) is 0 Å². The zero-order valence-electron chi connectivity index (χ0n) is 14.5. The summed E-state index contributed by atoms with van der Waals surface area (Å²) in [4.78, 5) is 22.3. The monoisotopic (exact) mass is 357 g/mol. The SMILES string of the molecule is COC(=O)[C@@H]1[C@@H](O[Si](C)(C)C(C)(C)C)CN1c1cncc(Cl)n1. The molecule has 0 unspecified atom stereocenters. The van der Waals surface area contributed by atoms with Crippen molar-refractivity contribution >= 4 is 31.7 Å². The van der Waals surface area contributed by atoms with Crippen LogP contribution in [0.5, 0.6) is 0 Å². The van der Waals surface area contributed by atoms with E-state index in [2.05, 4.69) is 43.8 Å². The molecule has 0 saturated carbocycles. The summed E-state index contributed by atoms with van der Waals surface area (Å²) in [6.07, 6.45) is 2.84. The molecule has 1 aromatic heterocycles. The van der Waals surface area contributed by atoms with Gasteiger partial charge < -0.3 is 14.1 Å². The van der Waals surface area contributed by atoms with Gasteiger partial charge in [-0.1, -0.05) is 32.4 Å². The van der Waals surface area contributed by atoms with Crippen LogP contribution in [0.3, 0.4) is 0 Å². The Hall–Kier alpha value is -1.18. The van der Waals surface area contributed by atoms with E-state index >= 15 is 0 Å². The Balaban J connectivity index is 2.19. The topological polar surface area (TPSA) is 64.6 Å². The molecular formula is C15H24ClN3O3Si. The lowest BCUT2D eigenvalue weighted by Crippen LogP contribution is -2.68. The molecule has 0 bridgehead atoms. The summed E-state index contributed by atoms with van der Waals surface area (Å²) >= 11 is 5.89. The standard InChI is InChI=1S/C15H24ClN3O3Si/c1-15(2,3)23(5,6)22-10-9-19(13(10)14(20)21-4)12-8-17-7-11(16)18-12/h7-8,10,13H,9H2,1-6H3/t10-,13-/m0/s1. The third-order valence-corrected chi connectivity index (χ3v) is 9.33. The quantitative estimate of drug-likeness (QED) is 0.609. The largest absolute Gasteiger partial charge is 0.467 e. The lowest BCUT2D eigenvalue weighted by Gasteiger charge is -2.50. The summed E-state index contributed by atoms with van der Waals surface area (Å²) in [5.74, 6) is 0.227. The molecule has 1 saturated heterocycles. The Kier molecular flexibility index (Phi) is 5.03. The van der Waals surface area contributed by atoms with Crippen molar-refractivity contribution in [3.8, 4) is 0 Å². The third kappa shape index (κ3) is 3.67. The molecule has 1 aliphatic rings. The van der Waals surface area contributed by atoms with Crippen LogP contribution >= 0.6 is 11.6 Å². The molecule has 1 aliphatic heterocycles. The van der Waals surface area contributed by atoms with Crippen LogP contribution < -0.4 is 4.90 Å². The second-order valence-electron chi connectivity index (χ2n) is 7.24. The third-order valence-electron chi connectivity index (χ3n) is 4.65. The molecule has 1 fully saturated rings. The molecule has 2 rings (SSSR count). The minimum absolute atomic E-state index is 0.0734. The van der Waals surface area contributed by atoms with Gasteiger partial charge in [0.05, 0.1) is 25.6 Å². The molecule has 0 spiro atoms. The average molecular weight is 358 g/mol. The van der Waals surface area contributed by atoms with Gasteiger partial charge >= 0.3 is 5.97 Å². The number of halogens is 1. The van der Waals surface area contributed by atoms with E-state index in [0.29, 0.717) is 17.5 Å². The van der Waals surface area contributed by atoms with E-state index in [1.54, 1.807) is 6.20 Å². The van der Waals surface area contributed by atoms with Gasteiger partial charge in [-0.25, -0.2) is 9.78 Å². The molecule has 2 atom stereocenters. The summed E-state index contributed by atoms with van der Waals surface area (Å²) in [7, 11) is -0.595. The highest BCUT2D eigenvalue weighted by molar-refractivity contribution is 6.74. The van der Waals surface area contributed by atoms with Gasteiger partial charge in [0.25, 0.3) is 0 Å². The number of rotatable bonds is 4. The predicted molar refractivity (Wildman–Crippen MR) is 92.3 cm³/mol. The van der Waals surface area contributed by atoms with Crippen LogP contribution in [0, 0.1) is 0 Å². The molecule has 0 amide bonds. The van der Waals surface area contributed by atoms with E-state index in [1.807, 2.05) is 4.90 Å². The first-order valence-corrected chi connectivity index (χ1v) is 10.9. The van der Waals surface area contributed by atoms with Gasteiger partial charge in [-0.3, -0.25) is 4.98 Å². The smallest absolute Gasteiger partial charge is 0.331 e. The second kappa shape index (κ2) is 6.37. The zero-order valence-corrected chi connectivity index (χ0v) is 16.2. The molecule has 6 nitrogen and oxygen atoms in total. The minimum Gasteiger partial charge on any atom is -0.467 e. The van der Waals surface area contributed by atoms with Gasteiger partial charge in [0, 0.05) is 6.54 Å². The molecule has 1 aromatic rings. The van der Waals surface area contributed by atoms with Crippen LogP contribution in [0.2, 0.25) is 23.3 Å². The predicted octanol–water partition coefficient (Wildman–Crippen LogP) is 2.88. The first-order chi connectivity index (χ1) is 10.6. The summed E-state index contributed by atoms with van der Waals surface area (Å²) in [6.45, 7) is 11.4. The summed E-state index contributed by atoms with van der Waals surface area (Å²) < 4.78 is 11.3. The number of hydrogen-bond donors (Lipinski definition) is 0. The fourth-order valence-electron chi connectivity index (χ4n) is 2.23. The van der Waals surface area contributed by atoms with Gasteiger partial charge in [-0.15, -0.1) is 0 Å². The Labute approximate surface area is 143 Å². The number of carbonyl (C=O) groups is 1. The van der Waals surface area contributed by atoms with Crippen molar-refractivity contribution in [2.75, 3.05) is 18.6 Å². The highest BCUT2D eigenvalue weighted by Crippen LogP contribution is 2.40. The normalized spacial score (nSPS) is 21.8. The van der Waals surface area contributed by atoms with Gasteiger partial charge in [0.2, 0.25) is 0 Å². The number of esters is 1. The number of anilines is 1. The lowest BCUT2D eigenvalue weighted by molar-refractivity contribution is -0.147. The zero-order chi connectivity index (χ0) is 17.4. The average Bonchev–Trinajstić information content (AvgIpc) is 2.41. The maximum atomic E-state index is 12.2. The molecule has 2 heterocycles. The highest BCUT2D eigenvalue weighted by Gasteiger charge is 2.51. The number of carbonyl (C=O) groups excluding carboxylic acids is 1. The fraction of sp³-hybridized carbons (Fsp3) is 0.667. The number of aromatic nitrogens is 2. The Bertz CT molecular complexity index is 592. The lowest BCUT2D eigenvalue weighted by atomic mass is 10.00. The summed E-state index contributed by atoms with van der Waals surface area (Å²) in [5, 5.41) is 0.365. The van der Waals surface area contributed by atoms with Crippen molar-refractivity contribution in [1.29, 1.82) is 0 Å². The molecule has 8 heteroatoms. The maximum Gasteiger partial charge on any atom is 0.331 e. The minimum atomic E-state index is -1.98. The number of nitrogens with zero attached hydrogens (tertiary/aromatic N) is 3. The van der Waals surface area contributed by atoms with Gasteiger partial charge in [0.15, 0.2) is 14.4 Å².